The first-order valence-corrected chi connectivity index (χ1v) is 10.1. The number of hydrogen-bond donors (Lipinski definition) is 2. The number of methoxy groups -OCH3 is 1. The van der Waals surface area contributed by atoms with Crippen molar-refractivity contribution in [1.82, 2.24) is 10.6 Å². The molecule has 0 amide bonds. The average Bonchev–Trinajstić information content (AvgIpc) is 3.14. The van der Waals surface area contributed by atoms with Crippen molar-refractivity contribution in [3.8, 4) is 5.75 Å². The van der Waals surface area contributed by atoms with Crippen LogP contribution in [-0.2, 0) is 22.4 Å². The standard InChI is InChI=1S/C21H33N3O3/c1-3-22-21(23-13-7-5-4-6-8-20(25)26-2)24-14-11-17-9-10-19-18(16-17)12-15-27-19/h9-10,16H,3-8,11-15H2,1-2H3,(H2,22,23,24). The number of hydrogen-bond acceptors (Lipinski definition) is 4. The van der Waals surface area contributed by atoms with Crippen LogP contribution >= 0.6 is 0 Å². The number of carbonyl (C=O) groups excluding carboxylic acids is 1. The molecule has 2 N–H and O–H groups in total. The van der Waals surface area contributed by atoms with Gasteiger partial charge in [-0.2, -0.15) is 0 Å². The number of fused-ring (bicyclic) bond motifs is 1. The predicted octanol–water partition coefficient (Wildman–Crippen LogP) is 2.84. The van der Waals surface area contributed by atoms with Crippen LogP contribution in [0.25, 0.3) is 0 Å². The number of nitrogens with zero attached hydrogens (tertiary/aromatic N) is 1. The molecule has 0 spiro atoms. The first-order chi connectivity index (χ1) is 13.2. The Bertz CT molecular complexity index is 617. The third kappa shape index (κ3) is 7.89. The quantitative estimate of drug-likeness (QED) is 0.269. The third-order valence-electron chi connectivity index (χ3n) is 4.59. The summed E-state index contributed by atoms with van der Waals surface area (Å²) in [5, 5.41) is 6.70. The number of esters is 1. The molecule has 27 heavy (non-hydrogen) atoms. The Hall–Kier alpha value is -2.24. The molecule has 150 valence electrons. The summed E-state index contributed by atoms with van der Waals surface area (Å²) in [7, 11) is 1.44. The van der Waals surface area contributed by atoms with E-state index in [2.05, 4.69) is 45.5 Å². The van der Waals surface area contributed by atoms with Gasteiger partial charge in [0.1, 0.15) is 5.75 Å². The van der Waals surface area contributed by atoms with E-state index in [1.807, 2.05) is 0 Å². The van der Waals surface area contributed by atoms with Crippen LogP contribution in [0.15, 0.2) is 23.2 Å². The van der Waals surface area contributed by atoms with E-state index in [1.165, 1.54) is 18.2 Å². The molecule has 1 aliphatic heterocycles. The van der Waals surface area contributed by atoms with Crippen LogP contribution in [0.2, 0.25) is 0 Å². The maximum Gasteiger partial charge on any atom is 0.305 e. The van der Waals surface area contributed by atoms with Crippen molar-refractivity contribution in [1.29, 1.82) is 0 Å². The number of nitrogens with one attached hydrogen (secondary N) is 2. The molecular weight excluding hydrogens is 342 g/mol. The second-order valence-corrected chi connectivity index (χ2v) is 6.72. The van der Waals surface area contributed by atoms with E-state index in [4.69, 9.17) is 4.74 Å². The Morgan fingerprint density at radius 1 is 1.22 bits per heavy atom. The lowest BCUT2D eigenvalue weighted by Gasteiger charge is -2.11. The number of aliphatic imine (C=N–C) groups is 1. The first kappa shape index (κ1) is 21.1. The molecule has 6 heteroatoms. The maximum atomic E-state index is 11.1. The smallest absolute Gasteiger partial charge is 0.305 e. The van der Waals surface area contributed by atoms with Crippen molar-refractivity contribution in [2.45, 2.75) is 51.9 Å². The molecule has 0 atom stereocenters. The highest BCUT2D eigenvalue weighted by atomic mass is 16.5. The molecule has 0 radical (unpaired) electrons. The number of benzene rings is 1. The van der Waals surface area contributed by atoms with Crippen LogP contribution in [0, 0.1) is 0 Å². The van der Waals surface area contributed by atoms with Crippen molar-refractivity contribution in [2.24, 2.45) is 4.99 Å². The van der Waals surface area contributed by atoms with Gasteiger partial charge in [0.05, 0.1) is 13.7 Å². The molecule has 6 nitrogen and oxygen atoms in total. The normalized spacial score (nSPS) is 13.0. The van der Waals surface area contributed by atoms with Crippen LogP contribution in [0.5, 0.6) is 5.75 Å². The molecule has 0 aromatic heterocycles. The van der Waals surface area contributed by atoms with E-state index < -0.39 is 0 Å². The molecule has 0 bridgehead atoms. The molecule has 2 rings (SSSR count). The van der Waals surface area contributed by atoms with Gasteiger partial charge >= 0.3 is 5.97 Å². The minimum atomic E-state index is -0.123. The Labute approximate surface area is 162 Å². The fraction of sp³-hybridized carbons (Fsp3) is 0.619. The van der Waals surface area contributed by atoms with Gasteiger partial charge < -0.3 is 20.1 Å². The minimum absolute atomic E-state index is 0.123. The summed E-state index contributed by atoms with van der Waals surface area (Å²) < 4.78 is 10.2. The fourth-order valence-electron chi connectivity index (χ4n) is 3.09. The van der Waals surface area contributed by atoms with Crippen LogP contribution in [0.4, 0.5) is 0 Å². The molecule has 1 aromatic rings. The summed E-state index contributed by atoms with van der Waals surface area (Å²) in [6, 6.07) is 6.48. The van der Waals surface area contributed by atoms with E-state index in [9.17, 15) is 4.79 Å². The molecule has 0 fully saturated rings. The monoisotopic (exact) mass is 375 g/mol. The van der Waals surface area contributed by atoms with Gasteiger partial charge in [-0.15, -0.1) is 0 Å². The molecule has 0 unspecified atom stereocenters. The molecule has 0 saturated carbocycles. The second-order valence-electron chi connectivity index (χ2n) is 6.72. The highest BCUT2D eigenvalue weighted by Gasteiger charge is 2.11. The Kier molecular flexibility index (Phi) is 9.52. The van der Waals surface area contributed by atoms with Gasteiger partial charge in [-0.25, -0.2) is 0 Å². The van der Waals surface area contributed by atoms with Crippen LogP contribution in [-0.4, -0.2) is 45.3 Å². The topological polar surface area (TPSA) is 72.0 Å². The van der Waals surface area contributed by atoms with Crippen molar-refractivity contribution >= 4 is 11.9 Å². The van der Waals surface area contributed by atoms with Crippen LogP contribution < -0.4 is 15.4 Å². The molecule has 1 aromatic carbocycles. The van der Waals surface area contributed by atoms with E-state index in [0.29, 0.717) is 6.42 Å². The predicted molar refractivity (Wildman–Crippen MR) is 108 cm³/mol. The summed E-state index contributed by atoms with van der Waals surface area (Å²) in [6.45, 7) is 5.37. The zero-order valence-corrected chi connectivity index (χ0v) is 16.7. The van der Waals surface area contributed by atoms with Gasteiger partial charge in [0.2, 0.25) is 0 Å². The minimum Gasteiger partial charge on any atom is -0.493 e. The van der Waals surface area contributed by atoms with Crippen molar-refractivity contribution < 1.29 is 14.3 Å². The lowest BCUT2D eigenvalue weighted by atomic mass is 10.1. The van der Waals surface area contributed by atoms with Gasteiger partial charge in [0.15, 0.2) is 5.96 Å². The average molecular weight is 376 g/mol. The molecule has 1 aliphatic rings. The van der Waals surface area contributed by atoms with Crippen molar-refractivity contribution in [2.75, 3.05) is 33.4 Å². The lowest BCUT2D eigenvalue weighted by molar-refractivity contribution is -0.140. The highest BCUT2D eigenvalue weighted by Crippen LogP contribution is 2.25. The highest BCUT2D eigenvalue weighted by molar-refractivity contribution is 5.79. The number of carbonyl (C=O) groups is 1. The van der Waals surface area contributed by atoms with Gasteiger partial charge in [-0.3, -0.25) is 9.79 Å². The third-order valence-corrected chi connectivity index (χ3v) is 4.59. The van der Waals surface area contributed by atoms with Gasteiger partial charge in [-0.05, 0) is 43.4 Å². The molecular formula is C21H33N3O3. The summed E-state index contributed by atoms with van der Waals surface area (Å²) >= 11 is 0. The van der Waals surface area contributed by atoms with E-state index in [-0.39, 0.29) is 5.97 Å². The Morgan fingerprint density at radius 3 is 2.89 bits per heavy atom. The van der Waals surface area contributed by atoms with Crippen LogP contribution in [0.3, 0.4) is 0 Å². The van der Waals surface area contributed by atoms with Gasteiger partial charge in [0.25, 0.3) is 0 Å². The van der Waals surface area contributed by atoms with E-state index in [1.54, 1.807) is 0 Å². The fourth-order valence-corrected chi connectivity index (χ4v) is 3.09. The van der Waals surface area contributed by atoms with Crippen molar-refractivity contribution in [3.05, 3.63) is 29.3 Å². The SMILES string of the molecule is CCNC(=NCCCCCCC(=O)OC)NCCc1ccc2c(c1)CCO2. The number of ether oxygens (including phenoxy) is 2. The van der Waals surface area contributed by atoms with Crippen LogP contribution in [0.1, 0.15) is 50.2 Å². The molecule has 0 saturated heterocycles. The Morgan fingerprint density at radius 2 is 2.07 bits per heavy atom. The van der Waals surface area contributed by atoms with Gasteiger partial charge in [0, 0.05) is 32.5 Å². The largest absolute Gasteiger partial charge is 0.493 e. The summed E-state index contributed by atoms with van der Waals surface area (Å²) in [5.74, 6) is 1.78. The zero-order chi connectivity index (χ0) is 19.3. The summed E-state index contributed by atoms with van der Waals surface area (Å²) in [5.41, 5.74) is 2.65. The summed E-state index contributed by atoms with van der Waals surface area (Å²) in [6.07, 6.45) is 6.53. The second kappa shape index (κ2) is 12.2. The lowest BCUT2D eigenvalue weighted by Crippen LogP contribution is -2.38. The first-order valence-electron chi connectivity index (χ1n) is 10.1. The van der Waals surface area contributed by atoms with Gasteiger partial charge in [-0.1, -0.05) is 25.0 Å². The maximum absolute atomic E-state index is 11.1. The van der Waals surface area contributed by atoms with E-state index in [0.717, 1.165) is 76.5 Å². The summed E-state index contributed by atoms with van der Waals surface area (Å²) in [4.78, 5) is 15.7. The Balaban J connectivity index is 1.63. The van der Waals surface area contributed by atoms with Crippen molar-refractivity contribution in [3.63, 3.8) is 0 Å². The number of rotatable bonds is 11. The molecule has 1 heterocycles. The van der Waals surface area contributed by atoms with E-state index >= 15 is 0 Å². The number of guanidine groups is 1. The zero-order valence-electron chi connectivity index (χ0n) is 16.7. The molecule has 0 aliphatic carbocycles. The number of unbranched alkanes of at least 4 members (excludes halogenated alkanes) is 3.